The number of pyridine rings is 2. The van der Waals surface area contributed by atoms with E-state index in [1.54, 1.807) is 0 Å². The third-order valence-corrected chi connectivity index (χ3v) is 7.33. The Kier molecular flexibility index (Phi) is 16.6. The first-order valence-electron chi connectivity index (χ1n) is 15.9. The van der Waals surface area contributed by atoms with Crippen molar-refractivity contribution in [2.45, 2.75) is 70.1 Å². The van der Waals surface area contributed by atoms with Gasteiger partial charge in [0.05, 0.1) is 22.1 Å². The van der Waals surface area contributed by atoms with E-state index in [0.717, 1.165) is 26.2 Å². The van der Waals surface area contributed by atoms with E-state index in [1.165, 1.54) is 71.7 Å². The second-order valence-electron chi connectivity index (χ2n) is 11.2. The Morgan fingerprint density at radius 3 is 1.11 bits per heavy atom. The van der Waals surface area contributed by atoms with E-state index in [1.807, 2.05) is 0 Å². The molecular formula is C34H34F9N4O6-. The number of para-hydroxylation sites is 2. The summed E-state index contributed by atoms with van der Waals surface area (Å²) in [6.45, 7) is 4.16. The largest absolute Gasteiger partial charge is 0.542 e. The van der Waals surface area contributed by atoms with Crippen LogP contribution in [-0.2, 0) is 27.5 Å². The summed E-state index contributed by atoms with van der Waals surface area (Å²) in [7, 11) is 0. The fraction of sp³-hybridized carbons (Fsp3) is 0.382. The highest BCUT2D eigenvalue weighted by molar-refractivity contribution is 5.89. The Bertz CT molecular complexity index is 1670. The quantitative estimate of drug-likeness (QED) is 0.205. The van der Waals surface area contributed by atoms with Crippen LogP contribution in [0.15, 0.2) is 73.1 Å². The predicted molar refractivity (Wildman–Crippen MR) is 166 cm³/mol. The molecule has 4 heterocycles. The number of hydrogen-bond donors (Lipinski definition) is 2. The summed E-state index contributed by atoms with van der Waals surface area (Å²) in [5.41, 5.74) is 5.16. The van der Waals surface area contributed by atoms with Crippen LogP contribution in [0.2, 0.25) is 0 Å². The molecule has 2 aliphatic rings. The Morgan fingerprint density at radius 2 is 0.792 bits per heavy atom. The van der Waals surface area contributed by atoms with Crippen molar-refractivity contribution in [3.05, 3.63) is 73.1 Å². The summed E-state index contributed by atoms with van der Waals surface area (Å²) in [5, 5.41) is 36.4. The topological polar surface area (TPSA) is 152 Å². The SMILES string of the molecule is O=C([O-])C(F)(F)F.O=C([O-])C(F)(F)F.O=C([O-])C(F)(F)F.c1ccc2c(c1)c1cc[n+]2CCCCC[n+]2ccc(c3ccccc32)NCCCCCN1. The molecule has 2 aromatic carbocycles. The molecule has 2 aliphatic heterocycles. The lowest BCUT2D eigenvalue weighted by Crippen LogP contribution is -2.37. The molecule has 0 amide bonds. The van der Waals surface area contributed by atoms with Crippen LogP contribution in [-0.4, -0.2) is 49.5 Å². The van der Waals surface area contributed by atoms with Crippen molar-refractivity contribution in [1.82, 2.24) is 0 Å². The van der Waals surface area contributed by atoms with Crippen LogP contribution < -0.4 is 35.1 Å². The van der Waals surface area contributed by atoms with E-state index in [2.05, 4.69) is 92.8 Å². The fourth-order valence-corrected chi connectivity index (χ4v) is 4.89. The van der Waals surface area contributed by atoms with Crippen molar-refractivity contribution in [2.24, 2.45) is 0 Å². The number of rotatable bonds is 0. The minimum Gasteiger partial charge on any atom is -0.542 e. The lowest BCUT2D eigenvalue weighted by Gasteiger charge is -2.12. The maximum atomic E-state index is 10.5. The standard InChI is InChI=1S/C28H32N4.3C2HF3O2/c1-7-17-29-25-15-21-31(27-13-5-3-11-23(25)27)19-9-2-10-20-32-22-16-26(30-18-8-1)24-12-4-6-14-28(24)32;3*3-2(4,5)1(6)7/h3-6,11-16,21-22H,1-2,7-10,17-20H2;3*(H,6,7)/p-1. The normalized spacial score (nSPS) is 14.1. The van der Waals surface area contributed by atoms with Gasteiger partial charge in [0, 0.05) is 50.2 Å². The molecule has 0 spiro atoms. The van der Waals surface area contributed by atoms with Crippen molar-refractivity contribution < 1.29 is 78.4 Å². The number of aliphatic carboxylic acids is 3. The Labute approximate surface area is 296 Å². The highest BCUT2D eigenvalue weighted by Gasteiger charge is 2.30. The van der Waals surface area contributed by atoms with Gasteiger partial charge in [-0.05, 0) is 37.8 Å². The average Bonchev–Trinajstić information content (AvgIpc) is 3.08. The second kappa shape index (κ2) is 20.0. The molecule has 0 unspecified atom stereocenters. The number of fused-ring (bicyclic) bond motifs is 12. The van der Waals surface area contributed by atoms with Gasteiger partial charge in [-0.15, -0.1) is 0 Å². The minimum atomic E-state index is -5.19. The molecule has 0 fully saturated rings. The van der Waals surface area contributed by atoms with Gasteiger partial charge in [0.2, 0.25) is 11.0 Å². The van der Waals surface area contributed by atoms with Gasteiger partial charge in [0.15, 0.2) is 12.4 Å². The van der Waals surface area contributed by atoms with Crippen molar-refractivity contribution >= 4 is 51.1 Å². The summed E-state index contributed by atoms with van der Waals surface area (Å²) in [6, 6.07) is 22.1. The number of halogens is 9. The Hall–Kier alpha value is -5.36. The number of carbonyl (C=O) groups excluding carboxylic acids is 3. The number of nitrogens with one attached hydrogen (secondary N) is 2. The molecule has 2 N–H and O–H groups in total. The summed E-state index contributed by atoms with van der Waals surface area (Å²) in [5.74, 6) is -9.02. The van der Waals surface area contributed by atoms with Gasteiger partial charge in [-0.25, -0.2) is 0 Å². The zero-order valence-corrected chi connectivity index (χ0v) is 27.7. The monoisotopic (exact) mass is 765 g/mol. The highest BCUT2D eigenvalue weighted by Crippen LogP contribution is 2.22. The molecule has 19 heteroatoms. The molecule has 6 rings (SSSR count). The van der Waals surface area contributed by atoms with Gasteiger partial charge < -0.3 is 40.3 Å². The van der Waals surface area contributed by atoms with Gasteiger partial charge in [-0.3, -0.25) is 0 Å². The maximum Gasteiger partial charge on any atom is 0.430 e. The van der Waals surface area contributed by atoms with E-state index in [-0.39, 0.29) is 0 Å². The molecule has 0 radical (unpaired) electrons. The number of carbonyl (C=O) groups is 3. The summed E-state index contributed by atoms with van der Waals surface area (Å²) < 4.78 is 99.5. The summed E-state index contributed by atoms with van der Waals surface area (Å²) in [4.78, 5) is 26.4. The van der Waals surface area contributed by atoms with Crippen LogP contribution in [0.4, 0.5) is 50.9 Å². The fourth-order valence-electron chi connectivity index (χ4n) is 4.89. The Morgan fingerprint density at radius 1 is 0.491 bits per heavy atom. The second-order valence-corrected chi connectivity index (χ2v) is 11.2. The Balaban J connectivity index is 0.000000379. The van der Waals surface area contributed by atoms with E-state index in [0.29, 0.717) is 0 Å². The molecule has 0 aliphatic carbocycles. The number of aryl methyl sites for hydroxylation is 2. The van der Waals surface area contributed by atoms with E-state index in [4.69, 9.17) is 29.7 Å². The number of alkyl halides is 9. The molecule has 10 nitrogen and oxygen atoms in total. The molecule has 290 valence electrons. The molecule has 0 atom stereocenters. The van der Waals surface area contributed by atoms with E-state index >= 15 is 0 Å². The van der Waals surface area contributed by atoms with E-state index in [9.17, 15) is 39.5 Å². The average molecular weight is 766 g/mol. The smallest absolute Gasteiger partial charge is 0.430 e. The molecule has 4 aromatic rings. The van der Waals surface area contributed by atoms with Gasteiger partial charge in [-0.1, -0.05) is 24.3 Å². The number of aromatic nitrogens is 2. The van der Waals surface area contributed by atoms with Crippen LogP contribution in [0.5, 0.6) is 0 Å². The number of hydrogen-bond acceptors (Lipinski definition) is 8. The van der Waals surface area contributed by atoms with Gasteiger partial charge >= 0.3 is 18.5 Å². The van der Waals surface area contributed by atoms with Crippen molar-refractivity contribution in [1.29, 1.82) is 0 Å². The van der Waals surface area contributed by atoms with Gasteiger partial charge in [0.25, 0.3) is 0 Å². The lowest BCUT2D eigenvalue weighted by atomic mass is 10.1. The summed E-state index contributed by atoms with van der Waals surface area (Å²) >= 11 is 0. The number of carboxylic acids is 3. The minimum absolute atomic E-state index is 1.02. The van der Waals surface area contributed by atoms with Crippen LogP contribution in [0.3, 0.4) is 0 Å². The molecule has 2 aromatic heterocycles. The number of anilines is 2. The third-order valence-electron chi connectivity index (χ3n) is 7.33. The highest BCUT2D eigenvalue weighted by atomic mass is 19.4. The number of carboxylic acid groups (broad SMARTS) is 3. The number of nitrogens with zero attached hydrogens (tertiary/aromatic N) is 2. The maximum absolute atomic E-state index is 10.5. The first-order valence-corrected chi connectivity index (χ1v) is 15.9. The van der Waals surface area contributed by atoms with Crippen LogP contribution in [0, 0.1) is 0 Å². The molecule has 0 saturated heterocycles. The molecule has 53 heavy (non-hydrogen) atoms. The van der Waals surface area contributed by atoms with Gasteiger partial charge in [-0.2, -0.15) is 48.6 Å². The van der Waals surface area contributed by atoms with Gasteiger partial charge in [0.1, 0.15) is 31.0 Å². The van der Waals surface area contributed by atoms with Crippen LogP contribution in [0.25, 0.3) is 21.8 Å². The van der Waals surface area contributed by atoms with Crippen LogP contribution in [0.1, 0.15) is 38.5 Å². The predicted octanol–water partition coefficient (Wildman–Crippen LogP) is 3.34. The van der Waals surface area contributed by atoms with Crippen molar-refractivity contribution in [3.63, 3.8) is 0 Å². The first-order chi connectivity index (χ1) is 24.7. The zero-order chi connectivity index (χ0) is 39.8. The first kappa shape index (κ1) is 43.8. The summed E-state index contributed by atoms with van der Waals surface area (Å²) in [6.07, 6.45) is -3.87. The molecule has 4 bridgehead atoms. The zero-order valence-electron chi connectivity index (χ0n) is 27.7. The van der Waals surface area contributed by atoms with Crippen LogP contribution >= 0.6 is 0 Å². The van der Waals surface area contributed by atoms with E-state index < -0.39 is 36.4 Å². The third kappa shape index (κ3) is 15.0. The lowest BCUT2D eigenvalue weighted by molar-refractivity contribution is -0.675. The molecular weight excluding hydrogens is 731 g/mol. The number of benzene rings is 2. The van der Waals surface area contributed by atoms with Crippen molar-refractivity contribution in [3.8, 4) is 0 Å². The molecule has 0 saturated carbocycles. The van der Waals surface area contributed by atoms with Crippen molar-refractivity contribution in [2.75, 3.05) is 23.7 Å².